The molecule has 3 aliphatic rings. The summed E-state index contributed by atoms with van der Waals surface area (Å²) in [6, 6.07) is -0.195. The summed E-state index contributed by atoms with van der Waals surface area (Å²) in [5.74, 6) is 0.388. The summed E-state index contributed by atoms with van der Waals surface area (Å²) < 4.78 is 5.04. The smallest absolute Gasteiger partial charge is 0.324 e. The van der Waals surface area contributed by atoms with Crippen LogP contribution in [0.15, 0.2) is 0 Å². The maximum atomic E-state index is 11.7. The molecule has 0 saturated carbocycles. The second kappa shape index (κ2) is 3.87. The Balaban J connectivity index is 2.06. The van der Waals surface area contributed by atoms with E-state index in [2.05, 4.69) is 4.90 Å². The van der Waals surface area contributed by atoms with Crippen molar-refractivity contribution >= 4 is 5.97 Å². The van der Waals surface area contributed by atoms with Crippen LogP contribution < -0.4 is 5.73 Å². The summed E-state index contributed by atoms with van der Waals surface area (Å²) in [6.07, 6.45) is 2.27. The molecular weight excluding hydrogens is 180 g/mol. The van der Waals surface area contributed by atoms with E-state index in [1.165, 1.54) is 0 Å². The topological polar surface area (TPSA) is 55.6 Å². The van der Waals surface area contributed by atoms with E-state index in [1.807, 2.05) is 6.92 Å². The molecule has 2 N–H and O–H groups in total. The minimum atomic E-state index is -0.178. The highest BCUT2D eigenvalue weighted by Crippen LogP contribution is 2.31. The highest BCUT2D eigenvalue weighted by atomic mass is 16.5. The Hall–Kier alpha value is -0.610. The van der Waals surface area contributed by atoms with Crippen LogP contribution in [0.5, 0.6) is 0 Å². The molecule has 2 bridgehead atoms. The first kappa shape index (κ1) is 9.93. The van der Waals surface area contributed by atoms with Crippen molar-refractivity contribution in [2.75, 3.05) is 19.7 Å². The van der Waals surface area contributed by atoms with Gasteiger partial charge in [-0.2, -0.15) is 0 Å². The Bertz CT molecular complexity index is 222. The highest BCUT2D eigenvalue weighted by Gasteiger charge is 2.44. The van der Waals surface area contributed by atoms with E-state index in [9.17, 15) is 4.79 Å². The van der Waals surface area contributed by atoms with Gasteiger partial charge in [-0.1, -0.05) is 0 Å². The van der Waals surface area contributed by atoms with Gasteiger partial charge in [0.2, 0.25) is 0 Å². The predicted molar refractivity (Wildman–Crippen MR) is 52.7 cm³/mol. The zero-order valence-electron chi connectivity index (χ0n) is 8.61. The molecule has 3 saturated heterocycles. The first-order valence-corrected chi connectivity index (χ1v) is 5.40. The van der Waals surface area contributed by atoms with Crippen LogP contribution in [0.1, 0.15) is 19.8 Å². The van der Waals surface area contributed by atoms with Crippen LogP contribution in [0.2, 0.25) is 0 Å². The van der Waals surface area contributed by atoms with E-state index in [-0.39, 0.29) is 18.1 Å². The van der Waals surface area contributed by atoms with Crippen molar-refractivity contribution in [2.24, 2.45) is 11.7 Å². The molecule has 14 heavy (non-hydrogen) atoms. The molecule has 0 aromatic carbocycles. The van der Waals surface area contributed by atoms with E-state index in [0.717, 1.165) is 25.9 Å². The number of fused-ring (bicyclic) bond motifs is 3. The second-order valence-corrected chi connectivity index (χ2v) is 4.15. The van der Waals surface area contributed by atoms with Crippen LogP contribution in [-0.2, 0) is 9.53 Å². The Labute approximate surface area is 84.4 Å². The van der Waals surface area contributed by atoms with Crippen LogP contribution in [0.25, 0.3) is 0 Å². The second-order valence-electron chi connectivity index (χ2n) is 4.15. The Morgan fingerprint density at radius 1 is 1.50 bits per heavy atom. The van der Waals surface area contributed by atoms with Gasteiger partial charge >= 0.3 is 5.97 Å². The molecule has 2 atom stereocenters. The number of rotatable bonds is 2. The molecule has 4 nitrogen and oxygen atoms in total. The zero-order chi connectivity index (χ0) is 10.1. The number of hydrogen-bond acceptors (Lipinski definition) is 4. The Morgan fingerprint density at radius 2 is 2.14 bits per heavy atom. The molecule has 0 radical (unpaired) electrons. The van der Waals surface area contributed by atoms with Gasteiger partial charge in [-0.3, -0.25) is 9.69 Å². The minimum absolute atomic E-state index is 0.0171. The van der Waals surface area contributed by atoms with E-state index < -0.39 is 0 Å². The number of carbonyl (C=O) groups is 1. The van der Waals surface area contributed by atoms with Gasteiger partial charge < -0.3 is 10.5 Å². The molecule has 80 valence electrons. The Morgan fingerprint density at radius 3 is 2.64 bits per heavy atom. The van der Waals surface area contributed by atoms with Gasteiger partial charge in [0.15, 0.2) is 0 Å². The maximum absolute atomic E-state index is 11.7. The van der Waals surface area contributed by atoms with Gasteiger partial charge in [0.25, 0.3) is 0 Å². The van der Waals surface area contributed by atoms with Crippen molar-refractivity contribution in [3.63, 3.8) is 0 Å². The van der Waals surface area contributed by atoms with Gasteiger partial charge in [-0.05, 0) is 38.8 Å². The molecule has 0 spiro atoms. The van der Waals surface area contributed by atoms with E-state index >= 15 is 0 Å². The predicted octanol–water partition coefficient (Wildman–Crippen LogP) is -0.0290. The number of nitrogens with zero attached hydrogens (tertiary/aromatic N) is 1. The van der Waals surface area contributed by atoms with Gasteiger partial charge in [0.1, 0.15) is 6.04 Å². The maximum Gasteiger partial charge on any atom is 0.324 e. The van der Waals surface area contributed by atoms with Gasteiger partial charge in [0, 0.05) is 6.04 Å². The molecule has 3 heterocycles. The molecule has 2 unspecified atom stereocenters. The molecule has 0 amide bonds. The van der Waals surface area contributed by atoms with Crippen molar-refractivity contribution < 1.29 is 9.53 Å². The number of ether oxygens (including phenoxy) is 1. The van der Waals surface area contributed by atoms with Crippen LogP contribution in [0, 0.1) is 5.92 Å². The lowest BCUT2D eigenvalue weighted by molar-refractivity contribution is -0.155. The van der Waals surface area contributed by atoms with E-state index in [1.54, 1.807) is 0 Å². The van der Waals surface area contributed by atoms with Crippen molar-refractivity contribution in [1.29, 1.82) is 0 Å². The molecule has 0 aromatic rings. The molecule has 0 aliphatic carbocycles. The molecule has 3 rings (SSSR count). The summed E-state index contributed by atoms with van der Waals surface area (Å²) in [5.41, 5.74) is 6.05. The van der Waals surface area contributed by atoms with Gasteiger partial charge in [0.05, 0.1) is 6.61 Å². The fraction of sp³-hybridized carbons (Fsp3) is 0.900. The standard InChI is InChI=1S/C10H18N2O2/c1-2-14-10(13)9-8(11)7-3-5-12(9)6-4-7/h7-9H,2-6,11H2,1H3. The summed E-state index contributed by atoms with van der Waals surface area (Å²) in [5, 5.41) is 0. The fourth-order valence-electron chi connectivity index (χ4n) is 2.62. The number of piperidine rings is 3. The summed E-state index contributed by atoms with van der Waals surface area (Å²) in [6.45, 7) is 4.28. The first-order chi connectivity index (χ1) is 6.74. The number of hydrogen-bond donors (Lipinski definition) is 1. The van der Waals surface area contributed by atoms with Crippen LogP contribution in [-0.4, -0.2) is 42.6 Å². The largest absolute Gasteiger partial charge is 0.465 e. The van der Waals surface area contributed by atoms with E-state index in [4.69, 9.17) is 10.5 Å². The molecule has 3 aliphatic heterocycles. The summed E-state index contributed by atoms with van der Waals surface area (Å²) >= 11 is 0. The third kappa shape index (κ3) is 1.53. The molecule has 4 heteroatoms. The van der Waals surface area contributed by atoms with E-state index in [0.29, 0.717) is 12.5 Å². The third-order valence-electron chi connectivity index (χ3n) is 3.40. The lowest BCUT2D eigenvalue weighted by Gasteiger charge is -2.48. The molecule has 3 fully saturated rings. The molecular formula is C10H18N2O2. The van der Waals surface area contributed by atoms with Crippen LogP contribution >= 0.6 is 0 Å². The van der Waals surface area contributed by atoms with Crippen molar-refractivity contribution in [1.82, 2.24) is 4.90 Å². The third-order valence-corrected chi connectivity index (χ3v) is 3.40. The Kier molecular flexibility index (Phi) is 2.74. The van der Waals surface area contributed by atoms with Crippen LogP contribution in [0.3, 0.4) is 0 Å². The molecule has 0 aromatic heterocycles. The monoisotopic (exact) mass is 198 g/mol. The number of nitrogens with two attached hydrogens (primary N) is 1. The quantitative estimate of drug-likeness (QED) is 0.633. The van der Waals surface area contributed by atoms with Crippen molar-refractivity contribution in [2.45, 2.75) is 31.8 Å². The zero-order valence-corrected chi connectivity index (χ0v) is 8.61. The van der Waals surface area contributed by atoms with Crippen molar-refractivity contribution in [3.05, 3.63) is 0 Å². The normalized spacial score (nSPS) is 41.0. The summed E-state index contributed by atoms with van der Waals surface area (Å²) in [7, 11) is 0. The lowest BCUT2D eigenvalue weighted by Crippen LogP contribution is -2.64. The number of esters is 1. The SMILES string of the molecule is CCOC(=O)C1C(N)C2CCN1CC2. The highest BCUT2D eigenvalue weighted by molar-refractivity contribution is 5.77. The first-order valence-electron chi connectivity index (χ1n) is 5.40. The minimum Gasteiger partial charge on any atom is -0.465 e. The average Bonchev–Trinajstić information content (AvgIpc) is 2.19. The van der Waals surface area contributed by atoms with Crippen molar-refractivity contribution in [3.8, 4) is 0 Å². The fourth-order valence-corrected chi connectivity index (χ4v) is 2.62. The van der Waals surface area contributed by atoms with Crippen LogP contribution in [0.4, 0.5) is 0 Å². The van der Waals surface area contributed by atoms with Gasteiger partial charge in [-0.15, -0.1) is 0 Å². The average molecular weight is 198 g/mol. The van der Waals surface area contributed by atoms with Gasteiger partial charge in [-0.25, -0.2) is 0 Å². The number of carbonyl (C=O) groups excluding carboxylic acids is 1. The lowest BCUT2D eigenvalue weighted by atomic mass is 9.79. The summed E-state index contributed by atoms with van der Waals surface area (Å²) in [4.78, 5) is 13.8.